The molecule has 6 atom stereocenters. The normalized spacial score (nSPS) is 37.5. The van der Waals surface area contributed by atoms with Gasteiger partial charge in [-0.2, -0.15) is 0 Å². The first-order valence-electron chi connectivity index (χ1n) is 8.53. The molecule has 0 spiro atoms. The van der Waals surface area contributed by atoms with Gasteiger partial charge >= 0.3 is 0 Å². The Labute approximate surface area is 132 Å². The van der Waals surface area contributed by atoms with E-state index < -0.39 is 0 Å². The Morgan fingerprint density at radius 2 is 1.73 bits per heavy atom. The number of ketones is 1. The standard InChI is InChI=1S/C19H26O3/c1-2-6-15-16(12-7-4-3-5-8-12)17-13(10-20)9-14(11-21)18(17)19(15)22/h3-5,7-8,13-18,20-21H,2,6,9-11H2,1H3/t13-,14+,15-,16-,17+,18+/m0/s1. The fourth-order valence-corrected chi connectivity index (χ4v) is 5.08. The van der Waals surface area contributed by atoms with E-state index in [1.54, 1.807) is 0 Å². The van der Waals surface area contributed by atoms with E-state index in [4.69, 9.17) is 0 Å². The summed E-state index contributed by atoms with van der Waals surface area (Å²) in [7, 11) is 0. The van der Waals surface area contributed by atoms with Gasteiger partial charge < -0.3 is 10.2 Å². The van der Waals surface area contributed by atoms with E-state index in [9.17, 15) is 15.0 Å². The average Bonchev–Trinajstić information content (AvgIpc) is 3.05. The predicted octanol–water partition coefficient (Wildman–Crippen LogP) is 2.62. The number of hydrogen-bond acceptors (Lipinski definition) is 3. The highest BCUT2D eigenvalue weighted by atomic mass is 16.3. The molecule has 120 valence electrons. The monoisotopic (exact) mass is 302 g/mol. The summed E-state index contributed by atoms with van der Waals surface area (Å²) in [6.45, 7) is 2.30. The van der Waals surface area contributed by atoms with Crippen molar-refractivity contribution in [2.24, 2.45) is 29.6 Å². The van der Waals surface area contributed by atoms with Gasteiger partial charge in [0.2, 0.25) is 0 Å². The molecular weight excluding hydrogens is 276 g/mol. The number of rotatable bonds is 5. The van der Waals surface area contributed by atoms with Crippen molar-refractivity contribution in [2.75, 3.05) is 13.2 Å². The SMILES string of the molecule is CCC[C@@H]1C(=O)[C@@H]2[C@@H](CO)C[C@@H](CO)[C@@H]2[C@H]1c1ccccc1. The van der Waals surface area contributed by atoms with Gasteiger partial charge in [-0.3, -0.25) is 4.79 Å². The first kappa shape index (κ1) is 15.7. The van der Waals surface area contributed by atoms with Crippen molar-refractivity contribution in [3.8, 4) is 0 Å². The van der Waals surface area contributed by atoms with Crippen LogP contribution >= 0.6 is 0 Å². The zero-order valence-corrected chi connectivity index (χ0v) is 13.2. The van der Waals surface area contributed by atoms with Gasteiger partial charge in [-0.05, 0) is 42.1 Å². The van der Waals surface area contributed by atoms with E-state index >= 15 is 0 Å². The largest absolute Gasteiger partial charge is 0.396 e. The van der Waals surface area contributed by atoms with E-state index in [0.717, 1.165) is 19.3 Å². The smallest absolute Gasteiger partial charge is 0.140 e. The number of Topliss-reactive ketones (excluding diaryl/α,β-unsaturated/α-hetero) is 1. The second-order valence-electron chi connectivity index (χ2n) is 6.96. The van der Waals surface area contributed by atoms with Crippen LogP contribution in [0, 0.1) is 29.6 Å². The molecule has 2 fully saturated rings. The van der Waals surface area contributed by atoms with Crippen molar-refractivity contribution in [1.29, 1.82) is 0 Å². The lowest BCUT2D eigenvalue weighted by Crippen LogP contribution is -2.23. The number of hydrogen-bond donors (Lipinski definition) is 2. The van der Waals surface area contributed by atoms with Gasteiger partial charge in [0, 0.05) is 25.0 Å². The fourth-order valence-electron chi connectivity index (χ4n) is 5.08. The van der Waals surface area contributed by atoms with Crippen LogP contribution in [-0.4, -0.2) is 29.2 Å². The molecule has 0 radical (unpaired) electrons. The molecule has 2 saturated carbocycles. The first-order valence-corrected chi connectivity index (χ1v) is 8.53. The van der Waals surface area contributed by atoms with Crippen LogP contribution in [0.4, 0.5) is 0 Å². The first-order chi connectivity index (χ1) is 10.7. The summed E-state index contributed by atoms with van der Waals surface area (Å²) in [5, 5.41) is 19.5. The maximum atomic E-state index is 13.0. The van der Waals surface area contributed by atoms with E-state index in [1.807, 2.05) is 18.2 Å². The van der Waals surface area contributed by atoms with Gasteiger partial charge in [0.05, 0.1) is 0 Å². The Balaban J connectivity index is 2.02. The molecular formula is C19H26O3. The summed E-state index contributed by atoms with van der Waals surface area (Å²) >= 11 is 0. The van der Waals surface area contributed by atoms with E-state index in [2.05, 4.69) is 19.1 Å². The molecule has 0 aromatic heterocycles. The number of fused-ring (bicyclic) bond motifs is 1. The van der Waals surface area contributed by atoms with Crippen LogP contribution in [0.15, 0.2) is 30.3 Å². The molecule has 2 aliphatic carbocycles. The summed E-state index contributed by atoms with van der Waals surface area (Å²) in [5.41, 5.74) is 1.22. The summed E-state index contributed by atoms with van der Waals surface area (Å²) < 4.78 is 0. The zero-order chi connectivity index (χ0) is 15.7. The van der Waals surface area contributed by atoms with Crippen molar-refractivity contribution in [3.05, 3.63) is 35.9 Å². The van der Waals surface area contributed by atoms with E-state index in [1.165, 1.54) is 5.56 Å². The second-order valence-corrected chi connectivity index (χ2v) is 6.96. The van der Waals surface area contributed by atoms with Gasteiger partial charge in [0.1, 0.15) is 5.78 Å². The minimum atomic E-state index is -0.0658. The Kier molecular flexibility index (Phi) is 4.65. The number of aliphatic hydroxyl groups is 2. The van der Waals surface area contributed by atoms with Crippen molar-refractivity contribution >= 4 is 5.78 Å². The predicted molar refractivity (Wildman–Crippen MR) is 85.3 cm³/mol. The van der Waals surface area contributed by atoms with Gasteiger partial charge in [-0.25, -0.2) is 0 Å². The van der Waals surface area contributed by atoms with E-state index in [0.29, 0.717) is 5.78 Å². The van der Waals surface area contributed by atoms with Crippen LogP contribution in [0.1, 0.15) is 37.7 Å². The molecule has 1 aromatic rings. The molecule has 0 amide bonds. The third-order valence-electron chi connectivity index (χ3n) is 5.87. The maximum absolute atomic E-state index is 13.0. The summed E-state index contributed by atoms with van der Waals surface area (Å²) in [6.07, 6.45) is 2.67. The van der Waals surface area contributed by atoms with Gasteiger partial charge in [-0.1, -0.05) is 43.7 Å². The van der Waals surface area contributed by atoms with Crippen molar-refractivity contribution < 1.29 is 15.0 Å². The van der Waals surface area contributed by atoms with Crippen LogP contribution < -0.4 is 0 Å². The summed E-state index contributed by atoms with van der Waals surface area (Å²) in [5.74, 6) is 0.868. The molecule has 0 saturated heterocycles. The fraction of sp³-hybridized carbons (Fsp3) is 0.632. The minimum absolute atomic E-state index is 0.0303. The lowest BCUT2D eigenvalue weighted by atomic mass is 9.76. The van der Waals surface area contributed by atoms with Crippen LogP contribution in [0.2, 0.25) is 0 Å². The molecule has 3 rings (SSSR count). The molecule has 0 unspecified atom stereocenters. The Hall–Kier alpha value is -1.19. The Bertz CT molecular complexity index is 513. The van der Waals surface area contributed by atoms with Crippen LogP contribution in [0.3, 0.4) is 0 Å². The molecule has 0 heterocycles. The van der Waals surface area contributed by atoms with Crippen molar-refractivity contribution in [1.82, 2.24) is 0 Å². The molecule has 0 aliphatic heterocycles. The zero-order valence-electron chi connectivity index (χ0n) is 13.2. The second kappa shape index (κ2) is 6.51. The van der Waals surface area contributed by atoms with Crippen molar-refractivity contribution in [2.45, 2.75) is 32.1 Å². The molecule has 2 aliphatic rings. The third-order valence-corrected chi connectivity index (χ3v) is 5.87. The molecule has 1 aromatic carbocycles. The lowest BCUT2D eigenvalue weighted by molar-refractivity contribution is -0.126. The molecule has 3 nitrogen and oxygen atoms in total. The molecule has 3 heteroatoms. The van der Waals surface area contributed by atoms with Crippen LogP contribution in [0.25, 0.3) is 0 Å². The van der Waals surface area contributed by atoms with Crippen LogP contribution in [-0.2, 0) is 4.79 Å². The highest BCUT2D eigenvalue weighted by Gasteiger charge is 2.58. The highest BCUT2D eigenvalue weighted by molar-refractivity contribution is 5.88. The van der Waals surface area contributed by atoms with Gasteiger partial charge in [0.25, 0.3) is 0 Å². The maximum Gasteiger partial charge on any atom is 0.140 e. The number of benzene rings is 1. The lowest BCUT2D eigenvalue weighted by Gasteiger charge is -2.27. The minimum Gasteiger partial charge on any atom is -0.396 e. The van der Waals surface area contributed by atoms with Crippen molar-refractivity contribution in [3.63, 3.8) is 0 Å². The molecule has 2 N–H and O–H groups in total. The number of carbonyl (C=O) groups excluding carboxylic acids is 1. The number of aliphatic hydroxyl groups excluding tert-OH is 2. The summed E-state index contributed by atoms with van der Waals surface area (Å²) in [6, 6.07) is 10.3. The van der Waals surface area contributed by atoms with Crippen LogP contribution in [0.5, 0.6) is 0 Å². The Morgan fingerprint density at radius 3 is 2.32 bits per heavy atom. The third kappa shape index (κ3) is 2.40. The highest BCUT2D eigenvalue weighted by Crippen LogP contribution is 2.58. The topological polar surface area (TPSA) is 57.5 Å². The van der Waals surface area contributed by atoms with E-state index in [-0.39, 0.29) is 48.7 Å². The molecule has 22 heavy (non-hydrogen) atoms. The number of carbonyl (C=O) groups is 1. The quantitative estimate of drug-likeness (QED) is 0.879. The van der Waals surface area contributed by atoms with Gasteiger partial charge in [-0.15, -0.1) is 0 Å². The summed E-state index contributed by atoms with van der Waals surface area (Å²) in [4.78, 5) is 13.0. The van der Waals surface area contributed by atoms with Gasteiger partial charge in [0.15, 0.2) is 0 Å². The Morgan fingerprint density at radius 1 is 1.05 bits per heavy atom. The average molecular weight is 302 g/mol. The molecule has 0 bridgehead atoms.